The van der Waals surface area contributed by atoms with Crippen LogP contribution in [0.3, 0.4) is 0 Å². The second-order valence-electron chi connectivity index (χ2n) is 12.1. The van der Waals surface area contributed by atoms with Gasteiger partial charge in [0.2, 0.25) is 0 Å². The minimum Gasteiger partial charge on any atom is -0.463 e. The number of carbonyl (C=O) groups excluding carboxylic acids is 2. The first-order valence-corrected chi connectivity index (χ1v) is 13.5. The number of ketones is 1. The van der Waals surface area contributed by atoms with Gasteiger partial charge in [-0.05, 0) is 86.4 Å². The summed E-state index contributed by atoms with van der Waals surface area (Å²) >= 11 is 0. The van der Waals surface area contributed by atoms with Crippen molar-refractivity contribution in [3.05, 3.63) is 12.2 Å². The summed E-state index contributed by atoms with van der Waals surface area (Å²) in [5.74, 6) is 3.49. The Kier molecular flexibility index (Phi) is 8.66. The Balaban J connectivity index is 1.70. The minimum atomic E-state index is -0.158. The smallest absolute Gasteiger partial charge is 0.302 e. The first kappa shape index (κ1) is 25.5. The van der Waals surface area contributed by atoms with Gasteiger partial charge in [0, 0.05) is 19.3 Å². The van der Waals surface area contributed by atoms with Gasteiger partial charge in [-0.1, -0.05) is 59.1 Å². The average molecular weight is 445 g/mol. The van der Waals surface area contributed by atoms with Gasteiger partial charge in [-0.15, -0.1) is 0 Å². The zero-order chi connectivity index (χ0) is 23.5. The number of carbonyl (C=O) groups is 2. The molecule has 0 radical (unpaired) electrons. The lowest BCUT2D eigenvalue weighted by atomic mass is 9.50. The van der Waals surface area contributed by atoms with Crippen LogP contribution < -0.4 is 0 Å². The average Bonchev–Trinajstić information content (AvgIpc) is 2.77. The van der Waals surface area contributed by atoms with Crippen LogP contribution in [0.25, 0.3) is 0 Å². The van der Waals surface area contributed by atoms with E-state index in [2.05, 4.69) is 34.3 Å². The first-order valence-electron chi connectivity index (χ1n) is 13.5. The Morgan fingerprint density at radius 3 is 2.53 bits per heavy atom. The van der Waals surface area contributed by atoms with Gasteiger partial charge >= 0.3 is 5.97 Å². The number of ether oxygens (including phenoxy) is 1. The molecule has 7 atom stereocenters. The summed E-state index contributed by atoms with van der Waals surface area (Å²) in [6, 6.07) is 0. The van der Waals surface area contributed by atoms with Crippen molar-refractivity contribution in [3.63, 3.8) is 0 Å². The lowest BCUT2D eigenvalue weighted by Gasteiger charge is -2.54. The maximum absolute atomic E-state index is 13.5. The van der Waals surface area contributed by atoms with E-state index in [1.54, 1.807) is 0 Å². The molecule has 3 aliphatic rings. The lowest BCUT2D eigenvalue weighted by Crippen LogP contribution is -2.50. The Hall–Kier alpha value is -1.12. The van der Waals surface area contributed by atoms with Gasteiger partial charge in [0.25, 0.3) is 0 Å². The molecule has 3 fully saturated rings. The standard InChI is InChI=1S/C29H48O3/c1-19(2)8-7-9-20(3)25-13-15-28(31)26-12-11-23-18-24(32-22(5)30)16-17-29(23,6)27(26)14-10-21(25)4/h19-20,23-27H,4,7-18H2,1-3,5-6H3/t20-,23+,24+,25-,26-,27+,29+/m1/s1. The van der Waals surface area contributed by atoms with Gasteiger partial charge in [-0.25, -0.2) is 0 Å². The van der Waals surface area contributed by atoms with E-state index in [0.717, 1.165) is 63.7 Å². The molecule has 0 aromatic rings. The molecule has 0 N–H and O–H groups in total. The van der Waals surface area contributed by atoms with Crippen LogP contribution in [0.4, 0.5) is 0 Å². The van der Waals surface area contributed by atoms with Crippen molar-refractivity contribution in [1.82, 2.24) is 0 Å². The number of Topliss-reactive ketones (excluding diaryl/α,β-unsaturated/α-hetero) is 1. The van der Waals surface area contributed by atoms with Gasteiger partial charge in [-0.3, -0.25) is 9.59 Å². The van der Waals surface area contributed by atoms with E-state index in [9.17, 15) is 9.59 Å². The van der Waals surface area contributed by atoms with Crippen molar-refractivity contribution in [2.75, 3.05) is 0 Å². The third kappa shape index (κ3) is 5.86. The predicted molar refractivity (Wildman–Crippen MR) is 131 cm³/mol. The SMILES string of the molecule is C=C1CC[C@H]2[C@@H](CC[C@H]3C[C@@H](OC(C)=O)CC[C@@]32C)C(=O)CC[C@@H]1[C@H](C)CCCC(C)C. The molecule has 3 saturated carbocycles. The number of allylic oxidation sites excluding steroid dienone is 1. The highest BCUT2D eigenvalue weighted by Crippen LogP contribution is 2.58. The fourth-order valence-electron chi connectivity index (χ4n) is 7.57. The normalized spacial score (nSPS) is 37.0. The molecule has 3 heteroatoms. The van der Waals surface area contributed by atoms with Crippen molar-refractivity contribution in [3.8, 4) is 0 Å². The van der Waals surface area contributed by atoms with Crippen molar-refractivity contribution < 1.29 is 14.3 Å². The predicted octanol–water partition coefficient (Wildman–Crippen LogP) is 7.53. The third-order valence-electron chi connectivity index (χ3n) is 9.52. The zero-order valence-electron chi connectivity index (χ0n) is 21.5. The van der Waals surface area contributed by atoms with Gasteiger partial charge in [0.1, 0.15) is 11.9 Å². The summed E-state index contributed by atoms with van der Waals surface area (Å²) in [4.78, 5) is 24.9. The monoisotopic (exact) mass is 444 g/mol. The molecular weight excluding hydrogens is 396 g/mol. The summed E-state index contributed by atoms with van der Waals surface area (Å²) in [6.45, 7) is 15.5. The van der Waals surface area contributed by atoms with Gasteiger partial charge < -0.3 is 4.74 Å². The molecule has 0 spiro atoms. The molecule has 0 saturated heterocycles. The molecule has 3 aliphatic carbocycles. The highest BCUT2D eigenvalue weighted by Gasteiger charge is 2.52. The summed E-state index contributed by atoms with van der Waals surface area (Å²) in [7, 11) is 0. The van der Waals surface area contributed by atoms with Crippen molar-refractivity contribution in [2.24, 2.45) is 40.9 Å². The van der Waals surface area contributed by atoms with Crippen LogP contribution in [-0.2, 0) is 14.3 Å². The summed E-state index contributed by atoms with van der Waals surface area (Å²) in [6.07, 6.45) is 12.9. The molecule has 3 rings (SSSR count). The molecule has 0 aromatic carbocycles. The molecule has 0 heterocycles. The molecule has 0 unspecified atom stereocenters. The van der Waals surface area contributed by atoms with Crippen LogP contribution in [0.1, 0.15) is 112 Å². The molecule has 0 amide bonds. The maximum Gasteiger partial charge on any atom is 0.302 e. The second-order valence-corrected chi connectivity index (χ2v) is 12.1. The fraction of sp³-hybridized carbons (Fsp3) is 0.862. The Labute approximate surface area is 197 Å². The zero-order valence-corrected chi connectivity index (χ0v) is 21.5. The van der Waals surface area contributed by atoms with Crippen molar-refractivity contribution in [1.29, 1.82) is 0 Å². The first-order chi connectivity index (χ1) is 15.1. The molecule has 32 heavy (non-hydrogen) atoms. The Bertz CT molecular complexity index is 680. The van der Waals surface area contributed by atoms with E-state index in [1.807, 2.05) is 0 Å². The number of hydrogen-bond acceptors (Lipinski definition) is 3. The maximum atomic E-state index is 13.5. The fourth-order valence-corrected chi connectivity index (χ4v) is 7.57. The lowest BCUT2D eigenvalue weighted by molar-refractivity contribution is -0.155. The molecule has 0 aromatic heterocycles. The minimum absolute atomic E-state index is 0.0696. The van der Waals surface area contributed by atoms with Gasteiger partial charge in [0.15, 0.2) is 0 Å². The highest BCUT2D eigenvalue weighted by atomic mass is 16.5. The van der Waals surface area contributed by atoms with Crippen molar-refractivity contribution in [2.45, 2.75) is 118 Å². The third-order valence-corrected chi connectivity index (χ3v) is 9.52. The van der Waals surface area contributed by atoms with E-state index in [4.69, 9.17) is 4.74 Å². The van der Waals surface area contributed by atoms with E-state index in [0.29, 0.717) is 29.5 Å². The quantitative estimate of drug-likeness (QED) is 0.314. The number of rotatable bonds is 6. The summed E-state index contributed by atoms with van der Waals surface area (Å²) in [5.41, 5.74) is 1.59. The Morgan fingerprint density at radius 2 is 1.84 bits per heavy atom. The number of hydrogen-bond donors (Lipinski definition) is 0. The molecule has 0 bridgehead atoms. The van der Waals surface area contributed by atoms with Crippen LogP contribution in [-0.4, -0.2) is 17.9 Å². The second kappa shape index (κ2) is 10.9. The van der Waals surface area contributed by atoms with E-state index in [-0.39, 0.29) is 23.4 Å². The van der Waals surface area contributed by atoms with Crippen molar-refractivity contribution >= 4 is 11.8 Å². The van der Waals surface area contributed by atoms with Crippen LogP contribution in [0.5, 0.6) is 0 Å². The van der Waals surface area contributed by atoms with E-state index >= 15 is 0 Å². The number of esters is 1. The van der Waals surface area contributed by atoms with Gasteiger partial charge in [-0.2, -0.15) is 0 Å². The van der Waals surface area contributed by atoms with Crippen LogP contribution in [0.2, 0.25) is 0 Å². The van der Waals surface area contributed by atoms with Crippen LogP contribution in [0.15, 0.2) is 12.2 Å². The molecule has 0 aliphatic heterocycles. The van der Waals surface area contributed by atoms with Crippen LogP contribution in [0, 0.1) is 40.9 Å². The van der Waals surface area contributed by atoms with Crippen LogP contribution >= 0.6 is 0 Å². The molecular formula is C29H48O3. The molecule has 3 nitrogen and oxygen atoms in total. The number of fused-ring (bicyclic) bond motifs is 3. The van der Waals surface area contributed by atoms with E-state index < -0.39 is 0 Å². The molecule has 182 valence electrons. The summed E-state index contributed by atoms with van der Waals surface area (Å²) < 4.78 is 5.59. The summed E-state index contributed by atoms with van der Waals surface area (Å²) in [5, 5.41) is 0. The van der Waals surface area contributed by atoms with E-state index in [1.165, 1.54) is 31.8 Å². The largest absolute Gasteiger partial charge is 0.463 e. The Morgan fingerprint density at radius 1 is 1.09 bits per heavy atom. The van der Waals surface area contributed by atoms with Gasteiger partial charge in [0.05, 0.1) is 0 Å². The topological polar surface area (TPSA) is 43.4 Å². The highest BCUT2D eigenvalue weighted by molar-refractivity contribution is 5.81.